The van der Waals surface area contributed by atoms with Gasteiger partial charge >= 0.3 is 0 Å². The predicted molar refractivity (Wildman–Crippen MR) is 67.5 cm³/mol. The van der Waals surface area contributed by atoms with Gasteiger partial charge < -0.3 is 0 Å². The smallest absolute Gasteiger partial charge is 0.237 e. The van der Waals surface area contributed by atoms with E-state index in [1.54, 1.807) is 0 Å². The number of carbonyl (C=O) groups is 1. The molecule has 0 fully saturated rings. The van der Waals surface area contributed by atoms with Crippen molar-refractivity contribution < 1.29 is 4.79 Å². The molecule has 1 aromatic heterocycles. The van der Waals surface area contributed by atoms with Gasteiger partial charge in [-0.2, -0.15) is 5.10 Å². The average Bonchev–Trinajstić information content (AvgIpc) is 2.75. The standard InChI is InChI=1S/C11H10N4O2S/c1-7-3-5-9(6-4-7)15-11(12-14-17)18-10(13-15)8(2)16/h3-6H,1-2H3/b12-11-. The topological polar surface area (TPSA) is 76.7 Å². The number of aryl methyl sites for hydroxylation is 1. The van der Waals surface area contributed by atoms with E-state index in [2.05, 4.69) is 15.5 Å². The van der Waals surface area contributed by atoms with Gasteiger partial charge in [-0.15, -0.1) is 4.91 Å². The molecule has 0 atom stereocenters. The van der Waals surface area contributed by atoms with Crippen molar-refractivity contribution >= 4 is 17.1 Å². The van der Waals surface area contributed by atoms with Gasteiger partial charge in [-0.05, 0) is 19.1 Å². The summed E-state index contributed by atoms with van der Waals surface area (Å²) in [6.45, 7) is 3.38. The third-order valence-corrected chi connectivity index (χ3v) is 3.27. The highest BCUT2D eigenvalue weighted by Crippen LogP contribution is 2.09. The van der Waals surface area contributed by atoms with E-state index in [9.17, 15) is 9.70 Å². The molecular weight excluding hydrogens is 252 g/mol. The summed E-state index contributed by atoms with van der Waals surface area (Å²) in [6, 6.07) is 7.49. The van der Waals surface area contributed by atoms with Crippen LogP contribution in [-0.2, 0) is 0 Å². The molecule has 0 bridgehead atoms. The summed E-state index contributed by atoms with van der Waals surface area (Å²) >= 11 is 1.03. The van der Waals surface area contributed by atoms with E-state index < -0.39 is 0 Å². The van der Waals surface area contributed by atoms with Gasteiger partial charge in [-0.25, -0.2) is 4.68 Å². The van der Waals surface area contributed by atoms with E-state index in [-0.39, 0.29) is 15.6 Å². The number of carbonyl (C=O) groups excluding carboxylic acids is 1. The van der Waals surface area contributed by atoms with Crippen LogP contribution in [0, 0.1) is 11.8 Å². The number of nitrogens with zero attached hydrogens (tertiary/aromatic N) is 4. The summed E-state index contributed by atoms with van der Waals surface area (Å²) in [5, 5.41) is 10.4. The van der Waals surface area contributed by atoms with Gasteiger partial charge in [-0.3, -0.25) is 4.79 Å². The minimum atomic E-state index is -0.173. The Balaban J connectivity index is 2.62. The fraction of sp³-hybridized carbons (Fsp3) is 0.182. The third kappa shape index (κ3) is 2.40. The highest BCUT2D eigenvalue weighted by atomic mass is 32.1. The van der Waals surface area contributed by atoms with Crippen molar-refractivity contribution in [3.05, 3.63) is 44.5 Å². The van der Waals surface area contributed by atoms with Gasteiger partial charge in [0.1, 0.15) is 0 Å². The Hall–Kier alpha value is -2.15. The van der Waals surface area contributed by atoms with E-state index in [1.165, 1.54) is 11.6 Å². The highest BCUT2D eigenvalue weighted by molar-refractivity contribution is 7.10. The SMILES string of the molecule is CC(=O)c1nn(-c2ccc(C)cc2)/c(=N/N=O)s1. The van der Waals surface area contributed by atoms with Gasteiger partial charge in [0, 0.05) is 6.92 Å². The van der Waals surface area contributed by atoms with Crippen molar-refractivity contribution in [2.45, 2.75) is 13.8 Å². The first-order valence-corrected chi connectivity index (χ1v) is 5.98. The van der Waals surface area contributed by atoms with E-state index in [4.69, 9.17) is 0 Å². The molecule has 0 N–H and O–H groups in total. The minimum Gasteiger partial charge on any atom is -0.292 e. The molecule has 1 heterocycles. The quantitative estimate of drug-likeness (QED) is 0.482. The molecule has 1 aromatic carbocycles. The molecule has 2 aromatic rings. The van der Waals surface area contributed by atoms with Gasteiger partial charge in [0.15, 0.2) is 10.8 Å². The average molecular weight is 262 g/mol. The maximum atomic E-state index is 11.3. The molecule has 0 radical (unpaired) electrons. The molecule has 0 aliphatic carbocycles. The molecule has 0 saturated carbocycles. The fourth-order valence-electron chi connectivity index (χ4n) is 1.38. The molecule has 92 valence electrons. The van der Waals surface area contributed by atoms with Crippen LogP contribution >= 0.6 is 11.3 Å². The van der Waals surface area contributed by atoms with Gasteiger partial charge in [0.2, 0.25) is 4.80 Å². The normalized spacial score (nSPS) is 11.6. The summed E-state index contributed by atoms with van der Waals surface area (Å²) in [7, 11) is 0. The zero-order valence-electron chi connectivity index (χ0n) is 9.82. The lowest BCUT2D eigenvalue weighted by molar-refractivity contribution is 0.101. The number of ketones is 1. The Bertz CT molecular complexity index is 654. The summed E-state index contributed by atoms with van der Waals surface area (Å²) in [4.78, 5) is 21.8. The first-order chi connectivity index (χ1) is 8.61. The van der Waals surface area contributed by atoms with Crippen molar-refractivity contribution in [1.29, 1.82) is 0 Å². The second-order valence-electron chi connectivity index (χ2n) is 3.67. The maximum absolute atomic E-state index is 11.3. The summed E-state index contributed by atoms with van der Waals surface area (Å²) in [5.41, 5.74) is 1.83. The number of hydrogen-bond acceptors (Lipinski definition) is 5. The van der Waals surface area contributed by atoms with Crippen molar-refractivity contribution in [2.75, 3.05) is 0 Å². The van der Waals surface area contributed by atoms with E-state index in [0.29, 0.717) is 0 Å². The molecule has 0 amide bonds. The Kier molecular flexibility index (Phi) is 3.42. The predicted octanol–water partition coefficient (Wildman–Crippen LogP) is 2.03. The molecule has 6 nitrogen and oxygen atoms in total. The first kappa shape index (κ1) is 12.3. The highest BCUT2D eigenvalue weighted by Gasteiger charge is 2.10. The van der Waals surface area contributed by atoms with Crippen LogP contribution < -0.4 is 4.80 Å². The molecule has 18 heavy (non-hydrogen) atoms. The Labute approximate surface area is 107 Å². The van der Waals surface area contributed by atoms with Crippen LogP contribution in [0.5, 0.6) is 0 Å². The number of Topliss-reactive ketones (excluding diaryl/α,β-unsaturated/α-hetero) is 1. The number of nitroso groups, excluding NO2 is 1. The molecule has 7 heteroatoms. The van der Waals surface area contributed by atoms with Crippen molar-refractivity contribution in [3.8, 4) is 5.69 Å². The molecule has 0 spiro atoms. The molecule has 0 aliphatic heterocycles. The molecule has 0 unspecified atom stereocenters. The lowest BCUT2D eigenvalue weighted by Crippen LogP contribution is -2.13. The summed E-state index contributed by atoms with van der Waals surface area (Å²) in [6.07, 6.45) is 0. The molecule has 0 saturated heterocycles. The Morgan fingerprint density at radius 2 is 2.00 bits per heavy atom. The van der Waals surface area contributed by atoms with E-state index in [1.807, 2.05) is 31.2 Å². The lowest BCUT2D eigenvalue weighted by atomic mass is 10.2. The third-order valence-electron chi connectivity index (χ3n) is 2.27. The van der Waals surface area contributed by atoms with Gasteiger partial charge in [0.25, 0.3) is 0 Å². The molecule has 2 rings (SSSR count). The van der Waals surface area contributed by atoms with Crippen molar-refractivity contribution in [2.24, 2.45) is 10.4 Å². The van der Waals surface area contributed by atoms with Crippen LogP contribution in [0.3, 0.4) is 0 Å². The zero-order chi connectivity index (χ0) is 13.1. The summed E-state index contributed by atoms with van der Waals surface area (Å²) < 4.78 is 1.43. The molecule has 0 aliphatic rings. The van der Waals surface area contributed by atoms with Crippen LogP contribution in [-0.4, -0.2) is 15.6 Å². The van der Waals surface area contributed by atoms with E-state index >= 15 is 0 Å². The van der Waals surface area contributed by atoms with Crippen LogP contribution in [0.4, 0.5) is 0 Å². The van der Waals surface area contributed by atoms with Gasteiger partial charge in [-0.1, -0.05) is 34.1 Å². The second kappa shape index (κ2) is 5.01. The minimum absolute atomic E-state index is 0.173. The number of rotatable bonds is 3. The number of aromatic nitrogens is 2. The van der Waals surface area contributed by atoms with Crippen LogP contribution in [0.1, 0.15) is 22.3 Å². The van der Waals surface area contributed by atoms with Crippen molar-refractivity contribution in [1.82, 2.24) is 9.78 Å². The fourth-order valence-corrected chi connectivity index (χ4v) is 2.12. The zero-order valence-corrected chi connectivity index (χ0v) is 10.6. The van der Waals surface area contributed by atoms with Crippen molar-refractivity contribution in [3.63, 3.8) is 0 Å². The monoisotopic (exact) mass is 262 g/mol. The second-order valence-corrected chi connectivity index (χ2v) is 4.63. The lowest BCUT2D eigenvalue weighted by Gasteiger charge is -2.00. The summed E-state index contributed by atoms with van der Waals surface area (Å²) in [5.74, 6) is -0.173. The van der Waals surface area contributed by atoms with Crippen LogP contribution in [0.15, 0.2) is 34.7 Å². The molecular formula is C11H10N4O2S. The largest absolute Gasteiger partial charge is 0.292 e. The number of hydrogen-bond donors (Lipinski definition) is 0. The van der Waals surface area contributed by atoms with Gasteiger partial charge in [0.05, 0.1) is 11.0 Å². The van der Waals surface area contributed by atoms with E-state index in [0.717, 1.165) is 22.6 Å². The van der Waals surface area contributed by atoms with Crippen LogP contribution in [0.2, 0.25) is 0 Å². The maximum Gasteiger partial charge on any atom is 0.237 e. The van der Waals surface area contributed by atoms with Crippen LogP contribution in [0.25, 0.3) is 5.69 Å². The Morgan fingerprint density at radius 1 is 1.33 bits per heavy atom. The first-order valence-electron chi connectivity index (χ1n) is 5.16. The number of benzene rings is 1. The Morgan fingerprint density at radius 3 is 2.56 bits per heavy atom.